The van der Waals surface area contributed by atoms with Crippen molar-refractivity contribution < 1.29 is 13.2 Å². The Balaban J connectivity index is 3.13. The summed E-state index contributed by atoms with van der Waals surface area (Å²) >= 11 is 5.28. The van der Waals surface area contributed by atoms with Gasteiger partial charge in [0.25, 0.3) is 0 Å². The maximum absolute atomic E-state index is 10.9. The molecule has 0 saturated carbocycles. The average molecular weight is 222 g/mol. The van der Waals surface area contributed by atoms with Crippen LogP contribution in [0.1, 0.15) is 6.92 Å². The van der Waals surface area contributed by atoms with E-state index < -0.39 is 21.6 Å². The predicted octanol–water partition coefficient (Wildman–Crippen LogP) is 0.0211. The summed E-state index contributed by atoms with van der Waals surface area (Å²) in [4.78, 5) is 12.5. The monoisotopic (exact) mass is 221 g/mol. The molecule has 1 aliphatic rings. The van der Waals surface area contributed by atoms with E-state index in [0.29, 0.717) is 6.54 Å². The van der Waals surface area contributed by atoms with E-state index in [1.54, 1.807) is 11.1 Å². The van der Waals surface area contributed by atoms with E-state index in [-0.39, 0.29) is 4.86 Å². The maximum Gasteiger partial charge on any atom is 0.249 e. The summed E-state index contributed by atoms with van der Waals surface area (Å²) in [7, 11) is -2.38. The molecule has 4 nitrogen and oxygen atoms in total. The molecule has 1 aliphatic heterocycles. The summed E-state index contributed by atoms with van der Waals surface area (Å²) in [6.45, 7) is 2.36. The van der Waals surface area contributed by atoms with E-state index in [1.807, 2.05) is 6.92 Å². The number of likely N-dealkylation sites (N-methyl/N-ethyl adjacent to an activating group) is 1. The van der Waals surface area contributed by atoms with E-state index in [4.69, 9.17) is 11.6 Å². The number of carbonyl (C=O) groups excluding carboxylic acids is 1. The summed E-state index contributed by atoms with van der Waals surface area (Å²) in [5, 5.41) is -0.675. The Labute approximate surface area is 82.3 Å². The first-order valence-electron chi connectivity index (χ1n) is 3.67. The smallest absolute Gasteiger partial charge is 0.249 e. The van der Waals surface area contributed by atoms with Gasteiger partial charge < -0.3 is 4.90 Å². The minimum atomic E-state index is -2.38. The van der Waals surface area contributed by atoms with Crippen LogP contribution in [-0.4, -0.2) is 36.0 Å². The van der Waals surface area contributed by atoms with Gasteiger partial charge in [0, 0.05) is 12.7 Å². The molecule has 0 spiro atoms. The van der Waals surface area contributed by atoms with Gasteiger partial charge in [-0.2, -0.15) is 8.42 Å². The minimum absolute atomic E-state index is 0.0295. The number of carbonyl (C=O) groups is 1. The van der Waals surface area contributed by atoms with Gasteiger partial charge in [-0.1, -0.05) is 0 Å². The summed E-state index contributed by atoms with van der Waals surface area (Å²) in [5.41, 5.74) is 0. The van der Waals surface area contributed by atoms with Crippen LogP contribution in [-0.2, 0) is 15.1 Å². The lowest BCUT2D eigenvalue weighted by molar-refractivity contribution is -0.113. The van der Waals surface area contributed by atoms with Crippen molar-refractivity contribution in [3.63, 3.8) is 0 Å². The Morgan fingerprint density at radius 3 is 2.69 bits per heavy atom. The number of hydrogen-bond donors (Lipinski definition) is 0. The minimum Gasteiger partial charge on any atom is -0.362 e. The molecule has 0 aromatic rings. The molecule has 0 aromatic carbocycles. The van der Waals surface area contributed by atoms with Crippen LogP contribution >= 0.6 is 11.6 Å². The number of nitrogens with zero attached hydrogens (tertiary/aromatic N) is 1. The van der Waals surface area contributed by atoms with Crippen molar-refractivity contribution in [3.05, 3.63) is 12.3 Å². The molecule has 1 atom stereocenters. The van der Waals surface area contributed by atoms with Crippen LogP contribution < -0.4 is 0 Å². The molecule has 1 rings (SSSR count). The molecule has 0 radical (unpaired) electrons. The quantitative estimate of drug-likeness (QED) is 0.487. The van der Waals surface area contributed by atoms with Crippen molar-refractivity contribution >= 4 is 32.0 Å². The van der Waals surface area contributed by atoms with Gasteiger partial charge in [-0.3, -0.25) is 4.79 Å². The van der Waals surface area contributed by atoms with Crippen LogP contribution in [0.3, 0.4) is 0 Å². The highest BCUT2D eigenvalue weighted by atomic mass is 35.5. The van der Waals surface area contributed by atoms with Crippen molar-refractivity contribution in [1.82, 2.24) is 4.90 Å². The first-order valence-corrected chi connectivity index (χ1v) is 5.12. The van der Waals surface area contributed by atoms with Crippen molar-refractivity contribution in [2.45, 2.75) is 13.0 Å². The lowest BCUT2D eigenvalue weighted by Gasteiger charge is -2.19. The van der Waals surface area contributed by atoms with Crippen LogP contribution in [0.25, 0.3) is 0 Å². The van der Waals surface area contributed by atoms with E-state index in [0.717, 1.165) is 0 Å². The Bertz CT molecular complexity index is 377. The molecule has 1 heterocycles. The van der Waals surface area contributed by atoms with Gasteiger partial charge in [-0.05, 0) is 24.6 Å². The first kappa shape index (κ1) is 10.3. The number of rotatable bonds is 2. The molecule has 13 heavy (non-hydrogen) atoms. The van der Waals surface area contributed by atoms with Crippen LogP contribution in [0.2, 0.25) is 0 Å². The van der Waals surface area contributed by atoms with E-state index in [9.17, 15) is 13.2 Å². The summed E-state index contributed by atoms with van der Waals surface area (Å²) < 4.78 is 21.3. The molecular formula is C7H8ClNO3S. The number of halogens is 1. The lowest BCUT2D eigenvalue weighted by Crippen LogP contribution is -2.37. The van der Waals surface area contributed by atoms with Gasteiger partial charge in [0.1, 0.15) is 10.9 Å². The molecule has 1 unspecified atom stereocenters. The second-order valence-electron chi connectivity index (χ2n) is 2.49. The van der Waals surface area contributed by atoms with Gasteiger partial charge in [0.2, 0.25) is 15.5 Å². The molecule has 6 heteroatoms. The number of hydrogen-bond acceptors (Lipinski definition) is 4. The molecule has 0 fully saturated rings. The normalized spacial score (nSPS) is 20.9. The zero-order chi connectivity index (χ0) is 10.0. The highest BCUT2D eigenvalue weighted by Crippen LogP contribution is 2.13. The van der Waals surface area contributed by atoms with Gasteiger partial charge in [0.15, 0.2) is 0 Å². The van der Waals surface area contributed by atoms with E-state index in [2.05, 4.69) is 0 Å². The van der Waals surface area contributed by atoms with Crippen LogP contribution in [0.5, 0.6) is 0 Å². The van der Waals surface area contributed by atoms with Gasteiger partial charge >= 0.3 is 0 Å². The molecule has 72 valence electrons. The zero-order valence-corrected chi connectivity index (χ0v) is 8.47. The Morgan fingerprint density at radius 1 is 1.69 bits per heavy atom. The highest BCUT2D eigenvalue weighted by molar-refractivity contribution is 7.73. The SMILES string of the molecule is CCN1C=CC(=S(=O)=O)C1C(=O)Cl. The fourth-order valence-corrected chi connectivity index (χ4v) is 2.09. The second-order valence-corrected chi connectivity index (χ2v) is 3.80. The van der Waals surface area contributed by atoms with Gasteiger partial charge in [0.05, 0.1) is 0 Å². The molecular weight excluding hydrogens is 214 g/mol. The van der Waals surface area contributed by atoms with Crippen molar-refractivity contribution in [1.29, 1.82) is 0 Å². The summed E-state index contributed by atoms with van der Waals surface area (Å²) in [6, 6.07) is -0.843. The van der Waals surface area contributed by atoms with Crippen LogP contribution in [0, 0.1) is 0 Å². The third kappa shape index (κ3) is 1.92. The third-order valence-corrected chi connectivity index (χ3v) is 2.75. The molecule has 0 aliphatic carbocycles. The largest absolute Gasteiger partial charge is 0.362 e. The standard InChI is InChI=1S/C7H8ClNO3S/c1-2-9-4-3-5(13(11)12)6(9)7(8)10/h3-4,6H,2H2,1H3. The second kappa shape index (κ2) is 3.93. The Morgan fingerprint density at radius 2 is 2.31 bits per heavy atom. The van der Waals surface area contributed by atoms with E-state index in [1.165, 1.54) is 6.08 Å². The molecule has 0 N–H and O–H groups in total. The Kier molecular flexibility index (Phi) is 3.11. The van der Waals surface area contributed by atoms with Crippen molar-refractivity contribution in [2.24, 2.45) is 0 Å². The third-order valence-electron chi connectivity index (χ3n) is 1.80. The molecule has 0 bridgehead atoms. The lowest BCUT2D eigenvalue weighted by atomic mass is 10.2. The molecule has 0 saturated heterocycles. The van der Waals surface area contributed by atoms with Gasteiger partial charge in [-0.15, -0.1) is 0 Å². The van der Waals surface area contributed by atoms with E-state index >= 15 is 0 Å². The average Bonchev–Trinajstić information content (AvgIpc) is 2.46. The summed E-state index contributed by atoms with van der Waals surface area (Å²) in [6.07, 6.45) is 2.94. The topological polar surface area (TPSA) is 54.5 Å². The van der Waals surface area contributed by atoms with Crippen LogP contribution in [0.4, 0.5) is 0 Å². The first-order chi connectivity index (χ1) is 6.07. The molecule has 0 aromatic heterocycles. The molecule has 0 amide bonds. The van der Waals surface area contributed by atoms with Gasteiger partial charge in [-0.25, -0.2) is 0 Å². The predicted molar refractivity (Wildman–Crippen MR) is 50.1 cm³/mol. The maximum atomic E-state index is 10.9. The zero-order valence-electron chi connectivity index (χ0n) is 6.90. The van der Waals surface area contributed by atoms with Crippen molar-refractivity contribution in [3.8, 4) is 0 Å². The summed E-state index contributed by atoms with van der Waals surface area (Å²) in [5.74, 6) is 0. The fraction of sp³-hybridized carbons (Fsp3) is 0.429. The van der Waals surface area contributed by atoms with Crippen molar-refractivity contribution in [2.75, 3.05) is 6.54 Å². The Hall–Kier alpha value is -0.810. The highest BCUT2D eigenvalue weighted by Gasteiger charge is 2.30. The fourth-order valence-electron chi connectivity index (χ4n) is 1.19. The van der Waals surface area contributed by atoms with Crippen LogP contribution in [0.15, 0.2) is 12.3 Å².